The Bertz CT molecular complexity index is 887. The fourth-order valence-corrected chi connectivity index (χ4v) is 3.24. The molecule has 0 radical (unpaired) electrons. The molecular formula is C19H25N3O6. The number of nitrogens with zero attached hydrogens (tertiary/aromatic N) is 1. The van der Waals surface area contributed by atoms with Gasteiger partial charge in [-0.2, -0.15) is 0 Å². The van der Waals surface area contributed by atoms with Crippen LogP contribution in [0.25, 0.3) is 11.1 Å². The zero-order chi connectivity index (χ0) is 19.9. The Labute approximate surface area is 161 Å². The quantitative estimate of drug-likeness (QED) is 0.446. The van der Waals surface area contributed by atoms with Gasteiger partial charge in [-0.05, 0) is 37.0 Å². The first kappa shape index (κ1) is 20.2. The molecule has 1 unspecified atom stereocenters. The van der Waals surface area contributed by atoms with E-state index in [9.17, 15) is 14.4 Å². The minimum absolute atomic E-state index is 0.199. The molecular weight excluding hydrogens is 366 g/mol. The topological polar surface area (TPSA) is 126 Å². The highest BCUT2D eigenvalue weighted by Gasteiger charge is 2.31. The van der Waals surface area contributed by atoms with Gasteiger partial charge in [-0.3, -0.25) is 19.5 Å². The lowest BCUT2D eigenvalue weighted by atomic mass is 10.1. The number of carbonyl (C=O) groups is 2. The molecule has 0 saturated carbocycles. The van der Waals surface area contributed by atoms with Crippen LogP contribution in [0.4, 0.5) is 0 Å². The van der Waals surface area contributed by atoms with Gasteiger partial charge in [-0.25, -0.2) is 4.79 Å². The molecule has 28 heavy (non-hydrogen) atoms. The number of ether oxygens (including phenoxy) is 2. The number of imide groups is 1. The van der Waals surface area contributed by atoms with E-state index in [1.165, 1.54) is 4.57 Å². The Hall–Kier alpha value is -2.49. The molecule has 152 valence electrons. The van der Waals surface area contributed by atoms with E-state index in [0.29, 0.717) is 44.1 Å². The minimum atomic E-state index is -0.729. The van der Waals surface area contributed by atoms with Gasteiger partial charge < -0.3 is 19.6 Å². The maximum Gasteiger partial charge on any atom is 0.420 e. The molecule has 1 saturated heterocycles. The van der Waals surface area contributed by atoms with E-state index in [-0.39, 0.29) is 18.7 Å². The van der Waals surface area contributed by atoms with Gasteiger partial charge in [0.05, 0.1) is 25.3 Å². The predicted molar refractivity (Wildman–Crippen MR) is 101 cm³/mol. The highest BCUT2D eigenvalue weighted by atomic mass is 16.5. The van der Waals surface area contributed by atoms with Crippen LogP contribution >= 0.6 is 0 Å². The number of hydrogen-bond donors (Lipinski definition) is 2. The largest absolute Gasteiger partial charge is 0.420 e. The molecule has 3 N–H and O–H groups in total. The number of fused-ring (bicyclic) bond motifs is 1. The summed E-state index contributed by atoms with van der Waals surface area (Å²) in [7, 11) is 0. The summed E-state index contributed by atoms with van der Waals surface area (Å²) in [5, 5.41) is 2.27. The van der Waals surface area contributed by atoms with Gasteiger partial charge in [0, 0.05) is 19.6 Å². The van der Waals surface area contributed by atoms with Crippen molar-refractivity contribution in [3.8, 4) is 0 Å². The second-order valence-corrected chi connectivity index (χ2v) is 6.62. The number of nitrogens with two attached hydrogens (primary N) is 1. The fraction of sp³-hybridized carbons (Fsp3) is 0.526. The number of piperidine rings is 1. The molecule has 0 aliphatic carbocycles. The van der Waals surface area contributed by atoms with E-state index < -0.39 is 17.7 Å². The molecule has 1 aromatic carbocycles. The summed E-state index contributed by atoms with van der Waals surface area (Å²) in [5.74, 6) is -1.39. The van der Waals surface area contributed by atoms with Crippen molar-refractivity contribution in [3.05, 3.63) is 34.3 Å². The summed E-state index contributed by atoms with van der Waals surface area (Å²) in [5.41, 5.74) is 7.33. The molecule has 2 heterocycles. The number of aryl methyl sites for hydroxylation is 1. The highest BCUT2D eigenvalue weighted by Crippen LogP contribution is 2.24. The Morgan fingerprint density at radius 2 is 1.93 bits per heavy atom. The van der Waals surface area contributed by atoms with E-state index in [2.05, 4.69) is 5.32 Å². The van der Waals surface area contributed by atoms with Gasteiger partial charge in [0.15, 0.2) is 5.58 Å². The lowest BCUT2D eigenvalue weighted by molar-refractivity contribution is -0.135. The maximum atomic E-state index is 12.3. The molecule has 1 aromatic heterocycles. The summed E-state index contributed by atoms with van der Waals surface area (Å²) in [6, 6.07) is 4.76. The second-order valence-electron chi connectivity index (χ2n) is 6.62. The summed E-state index contributed by atoms with van der Waals surface area (Å²) < 4.78 is 17.4. The molecule has 2 aromatic rings. The van der Waals surface area contributed by atoms with E-state index >= 15 is 0 Å². The Balaban J connectivity index is 1.58. The van der Waals surface area contributed by atoms with Crippen molar-refractivity contribution >= 4 is 22.9 Å². The number of rotatable bonds is 10. The molecule has 1 aliphatic heterocycles. The average Bonchev–Trinajstić information content (AvgIpc) is 2.99. The summed E-state index contributed by atoms with van der Waals surface area (Å²) in [6.07, 6.45) is 2.07. The van der Waals surface area contributed by atoms with Gasteiger partial charge in [-0.1, -0.05) is 6.07 Å². The number of amides is 2. The van der Waals surface area contributed by atoms with E-state index in [0.717, 1.165) is 18.4 Å². The third-order valence-electron chi connectivity index (χ3n) is 4.59. The van der Waals surface area contributed by atoms with Crippen LogP contribution < -0.4 is 16.8 Å². The van der Waals surface area contributed by atoms with Crippen LogP contribution in [0.5, 0.6) is 0 Å². The molecule has 3 rings (SSSR count). The number of carbonyl (C=O) groups excluding carboxylic acids is 2. The third-order valence-corrected chi connectivity index (χ3v) is 4.59. The van der Waals surface area contributed by atoms with Crippen LogP contribution in [0.1, 0.15) is 30.9 Å². The normalized spacial score (nSPS) is 17.2. The lowest BCUT2D eigenvalue weighted by Crippen LogP contribution is -2.43. The molecule has 0 spiro atoms. The maximum absolute atomic E-state index is 12.3. The van der Waals surface area contributed by atoms with Crippen LogP contribution in [0.2, 0.25) is 0 Å². The minimum Gasteiger partial charge on any atom is -0.408 e. The van der Waals surface area contributed by atoms with Crippen molar-refractivity contribution in [2.24, 2.45) is 5.73 Å². The van der Waals surface area contributed by atoms with E-state index in [1.54, 1.807) is 6.07 Å². The standard InChI is InChI=1S/C19H25N3O6/c20-7-9-27-11-10-26-8-1-2-13-3-4-14-16(12-13)28-19(25)22(14)15-5-6-17(23)21-18(15)24/h3-4,12,15H,1-2,5-11,20H2,(H,21,23,24). The van der Waals surface area contributed by atoms with Crippen molar-refractivity contribution in [1.82, 2.24) is 9.88 Å². The number of benzene rings is 1. The first-order valence-electron chi connectivity index (χ1n) is 9.43. The van der Waals surface area contributed by atoms with E-state index in [4.69, 9.17) is 19.6 Å². The number of aromatic nitrogens is 1. The van der Waals surface area contributed by atoms with Gasteiger partial charge in [0.25, 0.3) is 0 Å². The van der Waals surface area contributed by atoms with Gasteiger partial charge in [0.2, 0.25) is 11.8 Å². The summed E-state index contributed by atoms with van der Waals surface area (Å²) in [6.45, 7) is 2.70. The van der Waals surface area contributed by atoms with Crippen LogP contribution in [0.15, 0.2) is 27.4 Å². The van der Waals surface area contributed by atoms with Crippen LogP contribution in [-0.4, -0.2) is 49.4 Å². The number of oxazole rings is 1. The number of hydrogen-bond acceptors (Lipinski definition) is 7. The fourth-order valence-electron chi connectivity index (χ4n) is 3.24. The van der Waals surface area contributed by atoms with Gasteiger partial charge in [-0.15, -0.1) is 0 Å². The van der Waals surface area contributed by atoms with Crippen LogP contribution in [-0.2, 0) is 25.5 Å². The Morgan fingerprint density at radius 3 is 2.68 bits per heavy atom. The summed E-state index contributed by atoms with van der Waals surface area (Å²) in [4.78, 5) is 35.7. The number of nitrogens with one attached hydrogen (secondary N) is 1. The molecule has 0 bridgehead atoms. The molecule has 2 amide bonds. The molecule has 9 heteroatoms. The molecule has 1 aliphatic rings. The second kappa shape index (κ2) is 9.63. The summed E-state index contributed by atoms with van der Waals surface area (Å²) >= 11 is 0. The lowest BCUT2D eigenvalue weighted by Gasteiger charge is -2.21. The average molecular weight is 391 g/mol. The molecule has 1 fully saturated rings. The highest BCUT2D eigenvalue weighted by molar-refractivity contribution is 6.00. The first-order valence-corrected chi connectivity index (χ1v) is 9.43. The van der Waals surface area contributed by atoms with Gasteiger partial charge >= 0.3 is 5.76 Å². The first-order chi connectivity index (χ1) is 13.6. The SMILES string of the molecule is NCCOCCOCCCc1ccc2c(c1)oc(=O)n2C1CCC(=O)NC1=O. The van der Waals surface area contributed by atoms with Crippen molar-refractivity contribution in [1.29, 1.82) is 0 Å². The third kappa shape index (κ3) is 4.86. The zero-order valence-corrected chi connectivity index (χ0v) is 15.6. The predicted octanol–water partition coefficient (Wildman–Crippen LogP) is 0.497. The van der Waals surface area contributed by atoms with Crippen molar-refractivity contribution in [2.45, 2.75) is 31.7 Å². The van der Waals surface area contributed by atoms with E-state index in [1.807, 2.05) is 12.1 Å². The molecule has 1 atom stereocenters. The van der Waals surface area contributed by atoms with Crippen molar-refractivity contribution < 1.29 is 23.5 Å². The zero-order valence-electron chi connectivity index (χ0n) is 15.6. The monoisotopic (exact) mass is 391 g/mol. The smallest absolute Gasteiger partial charge is 0.408 e. The van der Waals surface area contributed by atoms with Crippen molar-refractivity contribution in [3.63, 3.8) is 0 Å². The van der Waals surface area contributed by atoms with Crippen molar-refractivity contribution in [2.75, 3.05) is 33.0 Å². The van der Waals surface area contributed by atoms with Crippen LogP contribution in [0, 0.1) is 0 Å². The Morgan fingerprint density at radius 1 is 1.14 bits per heavy atom. The Kier molecular flexibility index (Phi) is 6.96. The molecule has 9 nitrogen and oxygen atoms in total. The van der Waals surface area contributed by atoms with Gasteiger partial charge in [0.1, 0.15) is 6.04 Å². The van der Waals surface area contributed by atoms with Crippen LogP contribution in [0.3, 0.4) is 0 Å².